The number of halogens is 1. The van der Waals surface area contributed by atoms with Crippen LogP contribution in [0.5, 0.6) is 0 Å². The number of hydrogen-bond acceptors (Lipinski definition) is 2. The first kappa shape index (κ1) is 18.4. The number of anilines is 1. The first-order valence-corrected chi connectivity index (χ1v) is 10.6. The highest BCUT2D eigenvalue weighted by Gasteiger charge is 2.39. The molecule has 1 aliphatic heterocycles. The zero-order valence-electron chi connectivity index (χ0n) is 15.7. The van der Waals surface area contributed by atoms with E-state index >= 15 is 0 Å². The second-order valence-electron chi connectivity index (χ2n) is 7.46. The van der Waals surface area contributed by atoms with Crippen molar-refractivity contribution in [3.05, 3.63) is 64.6 Å². The van der Waals surface area contributed by atoms with Gasteiger partial charge in [-0.3, -0.25) is 4.99 Å². The van der Waals surface area contributed by atoms with E-state index < -0.39 is 0 Å². The highest BCUT2D eigenvalue weighted by molar-refractivity contribution is 9.10. The van der Waals surface area contributed by atoms with Crippen molar-refractivity contribution in [3.8, 4) is 0 Å². The van der Waals surface area contributed by atoms with Crippen molar-refractivity contribution in [1.29, 1.82) is 0 Å². The van der Waals surface area contributed by atoms with Crippen LogP contribution in [0.3, 0.4) is 0 Å². The maximum Gasteiger partial charge on any atom is 0.191 e. The van der Waals surface area contributed by atoms with Gasteiger partial charge in [0.25, 0.3) is 0 Å². The molecule has 0 aromatic heterocycles. The van der Waals surface area contributed by atoms with Gasteiger partial charge in [0, 0.05) is 48.3 Å². The third-order valence-corrected chi connectivity index (χ3v) is 6.12. The molecule has 2 fully saturated rings. The molecule has 2 aliphatic rings. The molecule has 27 heavy (non-hydrogen) atoms. The molecular formula is C22H27BrN4. The Morgan fingerprint density at radius 1 is 1.00 bits per heavy atom. The maximum absolute atomic E-state index is 4.46. The molecule has 2 N–H and O–H groups in total. The van der Waals surface area contributed by atoms with Gasteiger partial charge in [0.15, 0.2) is 5.96 Å². The lowest BCUT2D eigenvalue weighted by Gasteiger charge is -2.34. The molecule has 0 amide bonds. The summed E-state index contributed by atoms with van der Waals surface area (Å²) >= 11 is 3.51. The smallest absolute Gasteiger partial charge is 0.191 e. The third-order valence-electron chi connectivity index (χ3n) is 5.59. The summed E-state index contributed by atoms with van der Waals surface area (Å²) in [5.74, 6) is 1.54. The number of aliphatic imine (C=N–C) groups is 1. The number of piperidine rings is 1. The van der Waals surface area contributed by atoms with Crippen LogP contribution in [0.15, 0.2) is 64.1 Å². The Hall–Kier alpha value is -2.01. The molecule has 2 aromatic carbocycles. The minimum atomic E-state index is 0.487. The van der Waals surface area contributed by atoms with Crippen molar-refractivity contribution in [2.45, 2.75) is 37.3 Å². The molecule has 1 heterocycles. The largest absolute Gasteiger partial charge is 0.371 e. The van der Waals surface area contributed by atoms with Gasteiger partial charge in [0.05, 0.1) is 0 Å². The summed E-state index contributed by atoms with van der Waals surface area (Å²) in [5.41, 5.74) is 2.73. The standard InChI is InChI=1S/C22H27BrN4/c1-24-22(26-21-15-20(21)16-7-9-17(23)10-8-16)25-18-11-13-27(14-12-18)19-5-3-2-4-6-19/h2-10,18,20-21H,11-15H2,1H3,(H2,24,25,26). The van der Waals surface area contributed by atoms with Crippen LogP contribution in [0.2, 0.25) is 0 Å². The zero-order chi connectivity index (χ0) is 18.6. The Morgan fingerprint density at radius 3 is 2.37 bits per heavy atom. The van der Waals surface area contributed by atoms with Crippen molar-refractivity contribution in [2.75, 3.05) is 25.0 Å². The van der Waals surface area contributed by atoms with Gasteiger partial charge in [-0.15, -0.1) is 0 Å². The molecule has 0 radical (unpaired) electrons. The zero-order valence-corrected chi connectivity index (χ0v) is 17.3. The number of para-hydroxylation sites is 1. The summed E-state index contributed by atoms with van der Waals surface area (Å²) in [6.07, 6.45) is 3.45. The van der Waals surface area contributed by atoms with Crippen molar-refractivity contribution in [2.24, 2.45) is 4.99 Å². The second kappa shape index (κ2) is 8.34. The average molecular weight is 427 g/mol. The van der Waals surface area contributed by atoms with Crippen molar-refractivity contribution in [1.82, 2.24) is 10.6 Å². The monoisotopic (exact) mass is 426 g/mol. The van der Waals surface area contributed by atoms with E-state index in [1.165, 1.54) is 17.7 Å². The lowest BCUT2D eigenvalue weighted by Crippen LogP contribution is -2.49. The minimum Gasteiger partial charge on any atom is -0.371 e. The summed E-state index contributed by atoms with van der Waals surface area (Å²) in [6, 6.07) is 20.4. The number of guanidine groups is 1. The number of rotatable bonds is 4. The van der Waals surface area contributed by atoms with Crippen molar-refractivity contribution in [3.63, 3.8) is 0 Å². The molecule has 5 heteroatoms. The molecule has 142 valence electrons. The maximum atomic E-state index is 4.46. The Labute approximate surface area is 170 Å². The molecule has 4 rings (SSSR count). The Balaban J connectivity index is 1.25. The summed E-state index contributed by atoms with van der Waals surface area (Å²) in [5, 5.41) is 7.24. The highest BCUT2D eigenvalue weighted by Crippen LogP contribution is 2.41. The van der Waals surface area contributed by atoms with Crippen LogP contribution in [-0.2, 0) is 0 Å². The highest BCUT2D eigenvalue weighted by atomic mass is 79.9. The van der Waals surface area contributed by atoms with Crippen LogP contribution in [0, 0.1) is 0 Å². The summed E-state index contributed by atoms with van der Waals surface area (Å²) < 4.78 is 1.13. The second-order valence-corrected chi connectivity index (χ2v) is 8.37. The van der Waals surface area contributed by atoms with Gasteiger partial charge in [-0.05, 0) is 49.1 Å². The quantitative estimate of drug-likeness (QED) is 0.569. The molecule has 4 nitrogen and oxygen atoms in total. The van der Waals surface area contributed by atoms with Gasteiger partial charge in [0.1, 0.15) is 0 Å². The Morgan fingerprint density at radius 2 is 1.70 bits per heavy atom. The molecular weight excluding hydrogens is 400 g/mol. The molecule has 2 aromatic rings. The summed E-state index contributed by atoms with van der Waals surface area (Å²) in [7, 11) is 1.87. The van der Waals surface area contributed by atoms with Crippen LogP contribution < -0.4 is 15.5 Å². The first-order valence-electron chi connectivity index (χ1n) is 9.78. The topological polar surface area (TPSA) is 39.7 Å². The van der Waals surface area contributed by atoms with E-state index in [1.807, 2.05) is 7.05 Å². The normalized spacial score (nSPS) is 23.2. The predicted molar refractivity (Wildman–Crippen MR) is 117 cm³/mol. The fraction of sp³-hybridized carbons (Fsp3) is 0.409. The van der Waals surface area contributed by atoms with Gasteiger partial charge < -0.3 is 15.5 Å². The van der Waals surface area contributed by atoms with Gasteiger partial charge in [0.2, 0.25) is 0 Å². The molecule has 1 saturated carbocycles. The van der Waals surface area contributed by atoms with E-state index in [9.17, 15) is 0 Å². The SMILES string of the molecule is CN=C(NC1CCN(c2ccccc2)CC1)NC1CC1c1ccc(Br)cc1. The van der Waals surface area contributed by atoms with Gasteiger partial charge in [-0.1, -0.05) is 46.3 Å². The van der Waals surface area contributed by atoms with E-state index in [-0.39, 0.29) is 0 Å². The number of nitrogens with zero attached hydrogens (tertiary/aromatic N) is 2. The van der Waals surface area contributed by atoms with Crippen LogP contribution >= 0.6 is 15.9 Å². The van der Waals surface area contributed by atoms with Crippen LogP contribution in [0.25, 0.3) is 0 Å². The lowest BCUT2D eigenvalue weighted by atomic mass is 10.0. The molecule has 0 spiro atoms. The molecule has 1 aliphatic carbocycles. The predicted octanol–water partition coefficient (Wildman–Crippen LogP) is 4.14. The Kier molecular flexibility index (Phi) is 5.67. The molecule has 1 saturated heterocycles. The van der Waals surface area contributed by atoms with E-state index in [0.29, 0.717) is 18.0 Å². The number of benzene rings is 2. The van der Waals surface area contributed by atoms with Gasteiger partial charge in [-0.25, -0.2) is 0 Å². The minimum absolute atomic E-state index is 0.487. The van der Waals surface area contributed by atoms with Crippen molar-refractivity contribution >= 4 is 27.6 Å². The third kappa shape index (κ3) is 4.64. The van der Waals surface area contributed by atoms with Crippen molar-refractivity contribution < 1.29 is 0 Å². The van der Waals surface area contributed by atoms with E-state index in [0.717, 1.165) is 36.4 Å². The van der Waals surface area contributed by atoms with Crippen LogP contribution in [-0.4, -0.2) is 38.2 Å². The van der Waals surface area contributed by atoms with Gasteiger partial charge >= 0.3 is 0 Å². The number of hydrogen-bond donors (Lipinski definition) is 2. The lowest BCUT2D eigenvalue weighted by molar-refractivity contribution is 0.461. The summed E-state index contributed by atoms with van der Waals surface area (Å²) in [6.45, 7) is 2.17. The van der Waals surface area contributed by atoms with Crippen LogP contribution in [0.1, 0.15) is 30.7 Å². The molecule has 2 unspecified atom stereocenters. The van der Waals surface area contributed by atoms with E-state index in [1.54, 1.807) is 0 Å². The molecule has 0 bridgehead atoms. The Bertz CT molecular complexity index is 767. The number of nitrogens with one attached hydrogen (secondary N) is 2. The fourth-order valence-corrected chi connectivity index (χ4v) is 4.16. The van der Waals surface area contributed by atoms with E-state index in [4.69, 9.17) is 0 Å². The van der Waals surface area contributed by atoms with Gasteiger partial charge in [-0.2, -0.15) is 0 Å². The molecule has 2 atom stereocenters. The van der Waals surface area contributed by atoms with E-state index in [2.05, 4.69) is 91.1 Å². The first-order chi connectivity index (χ1) is 13.2. The summed E-state index contributed by atoms with van der Waals surface area (Å²) in [4.78, 5) is 6.93. The fourth-order valence-electron chi connectivity index (χ4n) is 3.89. The van der Waals surface area contributed by atoms with Crippen LogP contribution in [0.4, 0.5) is 5.69 Å². The average Bonchev–Trinajstić information content (AvgIpc) is 3.48.